The van der Waals surface area contributed by atoms with Gasteiger partial charge >= 0.3 is 5.97 Å². The third-order valence-corrected chi connectivity index (χ3v) is 4.44. The summed E-state index contributed by atoms with van der Waals surface area (Å²) in [6, 6.07) is 8.86. The molecule has 0 spiro atoms. The Morgan fingerprint density at radius 2 is 2.00 bits per heavy atom. The van der Waals surface area contributed by atoms with Crippen LogP contribution in [-0.2, 0) is 9.53 Å². The smallest absolute Gasteiger partial charge is 0.338 e. The first-order valence-corrected chi connectivity index (χ1v) is 7.87. The first-order valence-electron chi connectivity index (χ1n) is 7.87. The van der Waals surface area contributed by atoms with Gasteiger partial charge < -0.3 is 4.74 Å². The molecule has 0 aliphatic heterocycles. The van der Waals surface area contributed by atoms with Crippen molar-refractivity contribution in [1.82, 2.24) is 0 Å². The van der Waals surface area contributed by atoms with Gasteiger partial charge in [-0.15, -0.1) is 0 Å². The second-order valence-electron chi connectivity index (χ2n) is 6.18. The Bertz CT molecular complexity index is 494. The van der Waals surface area contributed by atoms with Gasteiger partial charge in [0, 0.05) is 5.41 Å². The molecule has 1 aromatic carbocycles. The van der Waals surface area contributed by atoms with Crippen molar-refractivity contribution in [1.29, 1.82) is 0 Å². The average molecular weight is 288 g/mol. The van der Waals surface area contributed by atoms with Gasteiger partial charge in [0.15, 0.2) is 11.9 Å². The number of ketones is 1. The van der Waals surface area contributed by atoms with Crippen molar-refractivity contribution < 1.29 is 14.3 Å². The van der Waals surface area contributed by atoms with E-state index in [2.05, 4.69) is 6.92 Å². The normalized spacial score (nSPS) is 25.0. The van der Waals surface area contributed by atoms with E-state index in [1.807, 2.05) is 13.0 Å². The van der Waals surface area contributed by atoms with Gasteiger partial charge in [-0.1, -0.05) is 51.3 Å². The minimum absolute atomic E-state index is 0.0999. The Morgan fingerprint density at radius 1 is 1.29 bits per heavy atom. The molecule has 1 aliphatic carbocycles. The fourth-order valence-electron chi connectivity index (χ4n) is 2.99. The van der Waals surface area contributed by atoms with Gasteiger partial charge in [-0.2, -0.15) is 0 Å². The number of hydrogen-bond acceptors (Lipinski definition) is 3. The van der Waals surface area contributed by atoms with E-state index in [0.29, 0.717) is 12.0 Å². The molecule has 0 radical (unpaired) electrons. The van der Waals surface area contributed by atoms with Crippen LogP contribution in [0.2, 0.25) is 0 Å². The highest BCUT2D eigenvalue weighted by Gasteiger charge is 2.45. The minimum Gasteiger partial charge on any atom is -0.451 e. The summed E-state index contributed by atoms with van der Waals surface area (Å²) in [7, 11) is 0. The summed E-state index contributed by atoms with van der Waals surface area (Å²) in [5.41, 5.74) is 0.196. The molecule has 0 amide bonds. The Morgan fingerprint density at radius 3 is 2.67 bits per heavy atom. The number of benzene rings is 1. The summed E-state index contributed by atoms with van der Waals surface area (Å²) >= 11 is 0. The molecule has 2 unspecified atom stereocenters. The molecular weight excluding hydrogens is 264 g/mol. The second kappa shape index (κ2) is 6.88. The third kappa shape index (κ3) is 3.72. The lowest BCUT2D eigenvalue weighted by molar-refractivity contribution is -0.132. The highest BCUT2D eigenvalue weighted by molar-refractivity contribution is 5.95. The van der Waals surface area contributed by atoms with Crippen LogP contribution in [0.3, 0.4) is 0 Å². The fraction of sp³-hybridized carbons (Fsp3) is 0.556. The monoisotopic (exact) mass is 288 g/mol. The molecule has 1 saturated carbocycles. The van der Waals surface area contributed by atoms with Gasteiger partial charge in [0.25, 0.3) is 0 Å². The maximum atomic E-state index is 12.5. The molecule has 1 fully saturated rings. The molecule has 1 aromatic rings. The number of carbonyl (C=O) groups is 2. The number of ether oxygens (including phenoxy) is 1. The highest BCUT2D eigenvalue weighted by atomic mass is 16.5. The minimum atomic E-state index is -0.565. The predicted octanol–water partition coefficient (Wildman–Crippen LogP) is 4.16. The van der Waals surface area contributed by atoms with Crippen LogP contribution in [-0.4, -0.2) is 17.9 Å². The van der Waals surface area contributed by atoms with Crippen LogP contribution >= 0.6 is 0 Å². The summed E-state index contributed by atoms with van der Waals surface area (Å²) in [6.45, 7) is 4.17. The van der Waals surface area contributed by atoms with E-state index in [1.54, 1.807) is 24.3 Å². The van der Waals surface area contributed by atoms with E-state index in [9.17, 15) is 9.59 Å². The zero-order chi connectivity index (χ0) is 15.3. The Hall–Kier alpha value is -1.64. The maximum absolute atomic E-state index is 12.5. The standard InChI is InChI=1S/C18H24O3/c1-3-4-8-12-18(2)13-11-15(16(18)19)21-17(20)14-9-6-5-7-10-14/h5-7,9-10,15H,3-4,8,11-13H2,1-2H3. The largest absolute Gasteiger partial charge is 0.451 e. The van der Waals surface area contributed by atoms with Crippen LogP contribution in [0, 0.1) is 5.41 Å². The Kier molecular flexibility index (Phi) is 5.16. The number of unbranched alkanes of at least 4 members (excludes halogenated alkanes) is 2. The lowest BCUT2D eigenvalue weighted by Crippen LogP contribution is -2.31. The first kappa shape index (κ1) is 15.7. The first-order chi connectivity index (χ1) is 10.1. The van der Waals surface area contributed by atoms with Crippen LogP contribution in [0.5, 0.6) is 0 Å². The third-order valence-electron chi connectivity index (χ3n) is 4.44. The van der Waals surface area contributed by atoms with Crippen molar-refractivity contribution in [2.45, 2.75) is 58.5 Å². The van der Waals surface area contributed by atoms with E-state index < -0.39 is 12.1 Å². The number of carbonyl (C=O) groups excluding carboxylic acids is 2. The molecule has 2 rings (SSSR count). The molecule has 0 heterocycles. The molecule has 3 heteroatoms. The van der Waals surface area contributed by atoms with Crippen LogP contribution < -0.4 is 0 Å². The molecule has 1 aliphatic rings. The molecule has 2 atom stereocenters. The van der Waals surface area contributed by atoms with Gasteiger partial charge in [-0.25, -0.2) is 4.79 Å². The van der Waals surface area contributed by atoms with Crippen molar-refractivity contribution in [2.24, 2.45) is 5.41 Å². The van der Waals surface area contributed by atoms with Gasteiger partial charge in [0.2, 0.25) is 0 Å². The van der Waals surface area contributed by atoms with Gasteiger partial charge in [-0.05, 0) is 31.4 Å². The Labute approximate surface area is 126 Å². The molecule has 0 N–H and O–H groups in total. The summed E-state index contributed by atoms with van der Waals surface area (Å²) in [6.07, 6.45) is 5.18. The van der Waals surface area contributed by atoms with E-state index >= 15 is 0 Å². The molecule has 0 bridgehead atoms. The van der Waals surface area contributed by atoms with Gasteiger partial charge in [0.1, 0.15) is 0 Å². The summed E-state index contributed by atoms with van der Waals surface area (Å²) in [5, 5.41) is 0. The molecule has 0 saturated heterocycles. The highest BCUT2D eigenvalue weighted by Crippen LogP contribution is 2.40. The summed E-state index contributed by atoms with van der Waals surface area (Å²) in [4.78, 5) is 24.6. The predicted molar refractivity (Wildman–Crippen MR) is 82.1 cm³/mol. The van der Waals surface area contributed by atoms with E-state index in [-0.39, 0.29) is 11.2 Å². The number of rotatable bonds is 6. The lowest BCUT2D eigenvalue weighted by atomic mass is 9.82. The average Bonchev–Trinajstić information content (AvgIpc) is 2.77. The van der Waals surface area contributed by atoms with Gasteiger partial charge in [0.05, 0.1) is 5.56 Å². The number of esters is 1. The number of Topliss-reactive ketones (excluding diaryl/α,β-unsaturated/α-hetero) is 1. The van der Waals surface area contributed by atoms with E-state index in [0.717, 1.165) is 32.1 Å². The van der Waals surface area contributed by atoms with Crippen LogP contribution in [0.1, 0.15) is 62.7 Å². The number of hydrogen-bond donors (Lipinski definition) is 0. The molecule has 21 heavy (non-hydrogen) atoms. The van der Waals surface area contributed by atoms with E-state index in [1.165, 1.54) is 0 Å². The van der Waals surface area contributed by atoms with Crippen molar-refractivity contribution in [3.63, 3.8) is 0 Å². The van der Waals surface area contributed by atoms with Crippen LogP contribution in [0.15, 0.2) is 30.3 Å². The topological polar surface area (TPSA) is 43.4 Å². The van der Waals surface area contributed by atoms with Crippen molar-refractivity contribution in [3.8, 4) is 0 Å². The molecule has 3 nitrogen and oxygen atoms in total. The van der Waals surface area contributed by atoms with Crippen LogP contribution in [0.25, 0.3) is 0 Å². The fourth-order valence-corrected chi connectivity index (χ4v) is 2.99. The SMILES string of the molecule is CCCCCC1(C)CCC(OC(=O)c2ccccc2)C1=O. The lowest BCUT2D eigenvalue weighted by Gasteiger charge is -2.22. The van der Waals surface area contributed by atoms with Crippen LogP contribution in [0.4, 0.5) is 0 Å². The molecule has 0 aromatic heterocycles. The quantitative estimate of drug-likeness (QED) is 0.583. The maximum Gasteiger partial charge on any atom is 0.338 e. The zero-order valence-electron chi connectivity index (χ0n) is 12.9. The van der Waals surface area contributed by atoms with Crippen molar-refractivity contribution in [3.05, 3.63) is 35.9 Å². The van der Waals surface area contributed by atoms with E-state index in [4.69, 9.17) is 4.74 Å². The molecular formula is C18H24O3. The van der Waals surface area contributed by atoms with Gasteiger partial charge in [-0.3, -0.25) is 4.79 Å². The van der Waals surface area contributed by atoms with Crippen molar-refractivity contribution >= 4 is 11.8 Å². The zero-order valence-corrected chi connectivity index (χ0v) is 12.9. The second-order valence-corrected chi connectivity index (χ2v) is 6.18. The Balaban J connectivity index is 1.94. The summed E-state index contributed by atoms with van der Waals surface area (Å²) < 4.78 is 5.42. The summed E-state index contributed by atoms with van der Waals surface area (Å²) in [5.74, 6) is -0.297. The molecule has 114 valence electrons. The van der Waals surface area contributed by atoms with Crippen molar-refractivity contribution in [2.75, 3.05) is 0 Å².